The molecular weight excluding hydrogens is 424 g/mol. The lowest BCUT2D eigenvalue weighted by Gasteiger charge is -2.04. The highest BCUT2D eigenvalue weighted by Gasteiger charge is 2.02. The van der Waals surface area contributed by atoms with Crippen LogP contribution in [0.1, 0.15) is 154 Å². The second-order valence-electron chi connectivity index (χ2n) is 9.49. The minimum Gasteiger partial charge on any atom is -0.286 e. The van der Waals surface area contributed by atoms with Gasteiger partial charge in [-0.25, -0.2) is 0 Å². The Morgan fingerprint density at radius 3 is 0.774 bits per heavy atom. The standard InChI is InChI=1S/C26H54O3S2/c27-31(28,29)26-24-22-20-18-16-14-12-10-8-6-4-2-1-3-5-7-9-11-13-15-17-19-21-23-25-30/h30H,1-26H2,(H,27,28,29). The first-order chi connectivity index (χ1) is 15.1. The van der Waals surface area contributed by atoms with Gasteiger partial charge in [0, 0.05) is 0 Å². The quantitative estimate of drug-likeness (QED) is 0.0740. The molecule has 3 nitrogen and oxygen atoms in total. The summed E-state index contributed by atoms with van der Waals surface area (Å²) in [4.78, 5) is 0. The van der Waals surface area contributed by atoms with Crippen molar-refractivity contribution in [2.45, 2.75) is 154 Å². The molecule has 0 heterocycles. The van der Waals surface area contributed by atoms with Gasteiger partial charge in [-0.15, -0.1) is 0 Å². The minimum atomic E-state index is -3.75. The van der Waals surface area contributed by atoms with E-state index in [2.05, 4.69) is 12.6 Å². The smallest absolute Gasteiger partial charge is 0.264 e. The lowest BCUT2D eigenvalue weighted by atomic mass is 10.0. The van der Waals surface area contributed by atoms with E-state index in [1.807, 2.05) is 0 Å². The van der Waals surface area contributed by atoms with E-state index in [0.717, 1.165) is 18.6 Å². The molecule has 0 aromatic carbocycles. The Kier molecular flexibility index (Phi) is 25.1. The molecular formula is C26H54O3S2. The fourth-order valence-corrected chi connectivity index (χ4v) is 5.08. The molecule has 0 rings (SSSR count). The summed E-state index contributed by atoms with van der Waals surface area (Å²) in [5.74, 6) is 0.972. The molecule has 0 aromatic heterocycles. The summed E-state index contributed by atoms with van der Waals surface area (Å²) in [5.41, 5.74) is 0. The van der Waals surface area contributed by atoms with Gasteiger partial charge in [0.25, 0.3) is 10.1 Å². The Morgan fingerprint density at radius 1 is 0.387 bits per heavy atom. The van der Waals surface area contributed by atoms with E-state index in [9.17, 15) is 8.42 Å². The van der Waals surface area contributed by atoms with Crippen LogP contribution in [-0.4, -0.2) is 24.5 Å². The van der Waals surface area contributed by atoms with Crippen LogP contribution in [0.2, 0.25) is 0 Å². The predicted octanol–water partition coefficient (Wildman–Crippen LogP) is 9.17. The maximum Gasteiger partial charge on any atom is 0.264 e. The molecule has 1 N–H and O–H groups in total. The summed E-state index contributed by atoms with van der Waals surface area (Å²) in [6, 6.07) is 0. The van der Waals surface area contributed by atoms with Crippen molar-refractivity contribution in [1.29, 1.82) is 0 Å². The van der Waals surface area contributed by atoms with Crippen LogP contribution in [0.15, 0.2) is 0 Å². The summed E-state index contributed by atoms with van der Waals surface area (Å²) < 4.78 is 29.9. The Labute approximate surface area is 201 Å². The monoisotopic (exact) mass is 478 g/mol. The Morgan fingerprint density at radius 2 is 0.581 bits per heavy atom. The van der Waals surface area contributed by atoms with E-state index < -0.39 is 10.1 Å². The number of unbranched alkanes of at least 4 members (excludes halogenated alkanes) is 23. The van der Waals surface area contributed by atoms with Crippen molar-refractivity contribution in [3.8, 4) is 0 Å². The van der Waals surface area contributed by atoms with Crippen LogP contribution in [0.25, 0.3) is 0 Å². The first kappa shape index (κ1) is 31.3. The fourth-order valence-electron chi connectivity index (χ4n) is 4.29. The SMILES string of the molecule is O=S(=O)(O)CCCCCCCCCCCCCCCCCCCCCCCCCCS. The second kappa shape index (κ2) is 24.9. The van der Waals surface area contributed by atoms with Gasteiger partial charge >= 0.3 is 0 Å². The van der Waals surface area contributed by atoms with E-state index in [1.54, 1.807) is 0 Å². The first-order valence-corrected chi connectivity index (χ1v) is 15.9. The maximum atomic E-state index is 10.6. The molecule has 0 aliphatic heterocycles. The van der Waals surface area contributed by atoms with Gasteiger partial charge in [0.15, 0.2) is 0 Å². The molecule has 0 aromatic rings. The van der Waals surface area contributed by atoms with Gasteiger partial charge in [-0.2, -0.15) is 21.0 Å². The van der Waals surface area contributed by atoms with Gasteiger partial charge in [0.1, 0.15) is 0 Å². The Hall–Kier alpha value is 0.260. The lowest BCUT2D eigenvalue weighted by Crippen LogP contribution is -2.03. The second-order valence-corrected chi connectivity index (χ2v) is 11.5. The summed E-state index contributed by atoms with van der Waals surface area (Å²) in [7, 11) is -3.75. The molecule has 188 valence electrons. The normalized spacial score (nSPS) is 11.9. The molecule has 0 fully saturated rings. The lowest BCUT2D eigenvalue weighted by molar-refractivity contribution is 0.478. The van der Waals surface area contributed by atoms with Gasteiger partial charge < -0.3 is 0 Å². The van der Waals surface area contributed by atoms with E-state index in [-0.39, 0.29) is 5.75 Å². The number of hydrogen-bond donors (Lipinski definition) is 2. The molecule has 0 bridgehead atoms. The van der Waals surface area contributed by atoms with Gasteiger partial charge in [-0.1, -0.05) is 141 Å². The molecule has 0 atom stereocenters. The van der Waals surface area contributed by atoms with Crippen molar-refractivity contribution < 1.29 is 13.0 Å². The summed E-state index contributed by atoms with van der Waals surface area (Å²) in [5, 5.41) is 0. The highest BCUT2D eigenvalue weighted by molar-refractivity contribution is 7.85. The van der Waals surface area contributed by atoms with Crippen LogP contribution in [0.3, 0.4) is 0 Å². The third kappa shape index (κ3) is 30.3. The molecule has 0 unspecified atom stereocenters. The molecule has 0 aliphatic rings. The van der Waals surface area contributed by atoms with Crippen LogP contribution in [-0.2, 0) is 10.1 Å². The maximum absolute atomic E-state index is 10.6. The summed E-state index contributed by atoms with van der Waals surface area (Å²) in [6.07, 6.45) is 31.8. The molecule has 0 amide bonds. The van der Waals surface area contributed by atoms with Crippen molar-refractivity contribution >= 4 is 22.7 Å². The predicted molar refractivity (Wildman–Crippen MR) is 141 cm³/mol. The van der Waals surface area contributed by atoms with E-state index in [4.69, 9.17) is 4.55 Å². The van der Waals surface area contributed by atoms with E-state index in [1.165, 1.54) is 135 Å². The zero-order valence-electron chi connectivity index (χ0n) is 20.5. The largest absolute Gasteiger partial charge is 0.286 e. The molecule has 0 spiro atoms. The first-order valence-electron chi connectivity index (χ1n) is 13.6. The fraction of sp³-hybridized carbons (Fsp3) is 1.00. The molecule has 0 aliphatic carbocycles. The van der Waals surface area contributed by atoms with Gasteiger partial charge in [0.2, 0.25) is 0 Å². The highest BCUT2D eigenvalue weighted by atomic mass is 32.2. The number of hydrogen-bond acceptors (Lipinski definition) is 3. The third-order valence-electron chi connectivity index (χ3n) is 6.31. The van der Waals surface area contributed by atoms with Crippen LogP contribution in [0.5, 0.6) is 0 Å². The average molecular weight is 479 g/mol. The number of thiol groups is 1. The van der Waals surface area contributed by atoms with Crippen molar-refractivity contribution in [3.05, 3.63) is 0 Å². The van der Waals surface area contributed by atoms with Crippen LogP contribution in [0, 0.1) is 0 Å². The van der Waals surface area contributed by atoms with E-state index in [0.29, 0.717) is 6.42 Å². The third-order valence-corrected chi connectivity index (χ3v) is 7.43. The zero-order valence-corrected chi connectivity index (χ0v) is 22.2. The minimum absolute atomic E-state index is 0.0788. The Balaban J connectivity index is 3.04. The zero-order chi connectivity index (χ0) is 22.9. The van der Waals surface area contributed by atoms with Crippen LogP contribution in [0.4, 0.5) is 0 Å². The van der Waals surface area contributed by atoms with Gasteiger partial charge in [-0.05, 0) is 18.6 Å². The molecule has 0 radical (unpaired) electrons. The van der Waals surface area contributed by atoms with Crippen molar-refractivity contribution in [2.75, 3.05) is 11.5 Å². The van der Waals surface area contributed by atoms with Gasteiger partial charge in [-0.3, -0.25) is 4.55 Å². The van der Waals surface area contributed by atoms with Crippen LogP contribution >= 0.6 is 12.6 Å². The summed E-state index contributed by atoms with van der Waals surface area (Å²) >= 11 is 4.26. The van der Waals surface area contributed by atoms with Crippen molar-refractivity contribution in [1.82, 2.24) is 0 Å². The highest BCUT2D eigenvalue weighted by Crippen LogP contribution is 2.15. The van der Waals surface area contributed by atoms with Crippen LogP contribution < -0.4 is 0 Å². The molecule has 5 heteroatoms. The molecule has 0 saturated carbocycles. The Bertz CT molecular complexity index is 438. The average Bonchev–Trinajstić information content (AvgIpc) is 2.73. The van der Waals surface area contributed by atoms with Crippen molar-refractivity contribution in [2.24, 2.45) is 0 Å². The summed E-state index contributed by atoms with van der Waals surface area (Å²) in [6.45, 7) is 0. The molecule has 0 saturated heterocycles. The number of rotatable bonds is 26. The topological polar surface area (TPSA) is 54.4 Å². The van der Waals surface area contributed by atoms with E-state index >= 15 is 0 Å². The van der Waals surface area contributed by atoms with Crippen molar-refractivity contribution in [3.63, 3.8) is 0 Å². The van der Waals surface area contributed by atoms with Gasteiger partial charge in [0.05, 0.1) is 5.75 Å². The molecule has 31 heavy (non-hydrogen) atoms.